The quantitative estimate of drug-likeness (QED) is 0.439. The Morgan fingerprint density at radius 2 is 2.03 bits per heavy atom. The molecule has 7 nitrogen and oxygen atoms in total. The molecule has 1 amide bonds. The van der Waals surface area contributed by atoms with Crippen molar-refractivity contribution in [2.24, 2.45) is 0 Å². The SMILES string of the molecule is COCCCn1c(C)cc(C(=O)N2CCCC2CCc2nncn2Cc2ccccc2)c1C. The molecule has 1 unspecified atom stereocenters. The van der Waals surface area contributed by atoms with Gasteiger partial charge in [0.15, 0.2) is 0 Å². The number of amides is 1. The number of methoxy groups -OCH3 is 1. The number of rotatable bonds is 10. The van der Waals surface area contributed by atoms with Crippen molar-refractivity contribution in [1.82, 2.24) is 24.2 Å². The van der Waals surface area contributed by atoms with Gasteiger partial charge in [-0.25, -0.2) is 0 Å². The molecule has 1 saturated heterocycles. The van der Waals surface area contributed by atoms with E-state index in [4.69, 9.17) is 4.74 Å². The molecular formula is C26H35N5O2. The average molecular weight is 450 g/mol. The van der Waals surface area contributed by atoms with Crippen LogP contribution in [0.1, 0.15) is 58.8 Å². The summed E-state index contributed by atoms with van der Waals surface area (Å²) in [5.74, 6) is 1.14. The van der Waals surface area contributed by atoms with E-state index in [-0.39, 0.29) is 11.9 Å². The summed E-state index contributed by atoms with van der Waals surface area (Å²) >= 11 is 0. The lowest BCUT2D eigenvalue weighted by atomic mass is 10.1. The van der Waals surface area contributed by atoms with Crippen LogP contribution < -0.4 is 0 Å². The summed E-state index contributed by atoms with van der Waals surface area (Å²) in [7, 11) is 1.72. The maximum absolute atomic E-state index is 13.5. The van der Waals surface area contributed by atoms with E-state index >= 15 is 0 Å². The van der Waals surface area contributed by atoms with E-state index in [2.05, 4.69) is 68.4 Å². The Hall–Kier alpha value is -2.93. The van der Waals surface area contributed by atoms with Crippen molar-refractivity contribution in [3.05, 3.63) is 71.1 Å². The number of benzene rings is 1. The molecule has 7 heteroatoms. The van der Waals surface area contributed by atoms with Gasteiger partial charge in [-0.15, -0.1) is 10.2 Å². The Kier molecular flexibility index (Phi) is 7.60. The predicted octanol–water partition coefficient (Wildman–Crippen LogP) is 4.02. The summed E-state index contributed by atoms with van der Waals surface area (Å²) < 4.78 is 9.55. The molecule has 1 aromatic carbocycles. The molecule has 0 spiro atoms. The zero-order chi connectivity index (χ0) is 23.2. The number of hydrogen-bond donors (Lipinski definition) is 0. The van der Waals surface area contributed by atoms with Crippen LogP contribution >= 0.6 is 0 Å². The lowest BCUT2D eigenvalue weighted by Gasteiger charge is -2.25. The Bertz CT molecular complexity index is 1060. The first kappa shape index (κ1) is 23.2. The molecule has 1 aliphatic heterocycles. The highest BCUT2D eigenvalue weighted by atomic mass is 16.5. The van der Waals surface area contributed by atoms with Gasteiger partial charge in [0.05, 0.1) is 12.1 Å². The van der Waals surface area contributed by atoms with E-state index in [9.17, 15) is 4.79 Å². The molecule has 0 aliphatic carbocycles. The number of aryl methyl sites for hydroxylation is 2. The fraction of sp³-hybridized carbons (Fsp3) is 0.500. The van der Waals surface area contributed by atoms with Crippen molar-refractivity contribution in [2.75, 3.05) is 20.3 Å². The summed E-state index contributed by atoms with van der Waals surface area (Å²) in [6, 6.07) is 12.7. The first-order valence-corrected chi connectivity index (χ1v) is 12.0. The van der Waals surface area contributed by atoms with Gasteiger partial charge in [-0.05, 0) is 51.2 Å². The molecule has 2 aromatic heterocycles. The van der Waals surface area contributed by atoms with Gasteiger partial charge in [-0.3, -0.25) is 4.79 Å². The highest BCUT2D eigenvalue weighted by Gasteiger charge is 2.31. The second-order valence-electron chi connectivity index (χ2n) is 8.98. The molecule has 1 atom stereocenters. The predicted molar refractivity (Wildman–Crippen MR) is 128 cm³/mol. The lowest BCUT2D eigenvalue weighted by molar-refractivity contribution is 0.0729. The van der Waals surface area contributed by atoms with Crippen LogP contribution in [-0.4, -0.2) is 56.4 Å². The van der Waals surface area contributed by atoms with Gasteiger partial charge in [0.2, 0.25) is 0 Å². The first-order valence-electron chi connectivity index (χ1n) is 12.0. The van der Waals surface area contributed by atoms with Crippen LogP contribution in [0, 0.1) is 13.8 Å². The van der Waals surface area contributed by atoms with E-state index < -0.39 is 0 Å². The number of carbonyl (C=O) groups excluding carboxylic acids is 1. The molecule has 4 rings (SSSR count). The number of aromatic nitrogens is 4. The molecule has 0 saturated carbocycles. The molecule has 0 radical (unpaired) electrons. The molecule has 0 bridgehead atoms. The standard InChI is InChI=1S/C26H35N5O2/c1-20-17-24(21(2)30(20)15-8-16-33-3)26(32)31-14-7-11-23(31)12-13-25-28-27-19-29(25)18-22-9-5-4-6-10-22/h4-6,9-10,17,19,23H,7-8,11-16,18H2,1-3H3. The van der Waals surface area contributed by atoms with E-state index in [1.54, 1.807) is 13.4 Å². The van der Waals surface area contributed by atoms with Crippen molar-refractivity contribution < 1.29 is 9.53 Å². The van der Waals surface area contributed by atoms with Gasteiger partial charge in [0.1, 0.15) is 12.2 Å². The monoisotopic (exact) mass is 449 g/mol. The second-order valence-corrected chi connectivity index (χ2v) is 8.98. The third kappa shape index (κ3) is 5.36. The fourth-order valence-electron chi connectivity index (χ4n) is 4.97. The van der Waals surface area contributed by atoms with Gasteiger partial charge < -0.3 is 18.8 Å². The smallest absolute Gasteiger partial charge is 0.255 e. The highest BCUT2D eigenvalue weighted by Crippen LogP contribution is 2.26. The Labute approximate surface area is 196 Å². The number of nitrogens with zero attached hydrogens (tertiary/aromatic N) is 5. The minimum Gasteiger partial charge on any atom is -0.385 e. The average Bonchev–Trinajstić information content (AvgIpc) is 3.53. The van der Waals surface area contributed by atoms with Crippen LogP contribution in [0.25, 0.3) is 0 Å². The molecule has 176 valence electrons. The van der Waals surface area contributed by atoms with Crippen LogP contribution in [0.15, 0.2) is 42.7 Å². The first-order chi connectivity index (χ1) is 16.1. The number of hydrogen-bond acceptors (Lipinski definition) is 4. The zero-order valence-corrected chi connectivity index (χ0v) is 20.0. The normalized spacial score (nSPS) is 16.0. The highest BCUT2D eigenvalue weighted by molar-refractivity contribution is 5.96. The van der Waals surface area contributed by atoms with Crippen LogP contribution in [0.3, 0.4) is 0 Å². The fourth-order valence-corrected chi connectivity index (χ4v) is 4.97. The van der Waals surface area contributed by atoms with Crippen molar-refractivity contribution >= 4 is 5.91 Å². The topological polar surface area (TPSA) is 65.2 Å². The molecule has 1 aliphatic rings. The Morgan fingerprint density at radius 1 is 1.21 bits per heavy atom. The van der Waals surface area contributed by atoms with Gasteiger partial charge in [-0.2, -0.15) is 0 Å². The van der Waals surface area contributed by atoms with Crippen LogP contribution in [0.2, 0.25) is 0 Å². The van der Waals surface area contributed by atoms with Crippen molar-refractivity contribution in [1.29, 1.82) is 0 Å². The summed E-state index contributed by atoms with van der Waals surface area (Å²) in [5.41, 5.74) is 4.26. The van der Waals surface area contributed by atoms with Crippen molar-refractivity contribution in [3.63, 3.8) is 0 Å². The molecule has 1 fully saturated rings. The third-order valence-electron chi connectivity index (χ3n) is 6.76. The largest absolute Gasteiger partial charge is 0.385 e. The maximum Gasteiger partial charge on any atom is 0.255 e. The minimum atomic E-state index is 0.161. The maximum atomic E-state index is 13.5. The summed E-state index contributed by atoms with van der Waals surface area (Å²) in [4.78, 5) is 15.6. The number of likely N-dealkylation sites (tertiary alicyclic amines) is 1. The Morgan fingerprint density at radius 3 is 2.82 bits per heavy atom. The molecule has 3 aromatic rings. The molecule has 0 N–H and O–H groups in total. The van der Waals surface area contributed by atoms with Gasteiger partial charge in [0.25, 0.3) is 5.91 Å². The van der Waals surface area contributed by atoms with Crippen LogP contribution in [0.5, 0.6) is 0 Å². The van der Waals surface area contributed by atoms with Gasteiger partial charge in [0, 0.05) is 50.7 Å². The minimum absolute atomic E-state index is 0.161. The molecular weight excluding hydrogens is 414 g/mol. The van der Waals surface area contributed by atoms with Gasteiger partial charge in [-0.1, -0.05) is 30.3 Å². The van der Waals surface area contributed by atoms with Crippen LogP contribution in [-0.2, 0) is 24.2 Å². The van der Waals surface area contributed by atoms with E-state index in [0.717, 1.165) is 81.1 Å². The number of carbonyl (C=O) groups is 1. The van der Waals surface area contributed by atoms with Crippen LogP contribution in [0.4, 0.5) is 0 Å². The third-order valence-corrected chi connectivity index (χ3v) is 6.76. The lowest BCUT2D eigenvalue weighted by Crippen LogP contribution is -2.36. The second kappa shape index (κ2) is 10.8. The van der Waals surface area contributed by atoms with Gasteiger partial charge >= 0.3 is 0 Å². The molecule has 33 heavy (non-hydrogen) atoms. The van der Waals surface area contributed by atoms with E-state index in [0.29, 0.717) is 0 Å². The van der Waals surface area contributed by atoms with E-state index in [1.807, 2.05) is 6.07 Å². The van der Waals surface area contributed by atoms with Crippen molar-refractivity contribution in [3.8, 4) is 0 Å². The molecule has 3 heterocycles. The summed E-state index contributed by atoms with van der Waals surface area (Å²) in [5, 5.41) is 8.50. The van der Waals surface area contributed by atoms with Crippen molar-refractivity contribution in [2.45, 2.75) is 65.1 Å². The zero-order valence-electron chi connectivity index (χ0n) is 20.0. The van der Waals surface area contributed by atoms with E-state index in [1.165, 1.54) is 5.56 Å². The Balaban J connectivity index is 1.41. The summed E-state index contributed by atoms with van der Waals surface area (Å²) in [6.07, 6.45) is 6.57. The number of ether oxygens (including phenoxy) is 1. The summed E-state index contributed by atoms with van der Waals surface area (Å²) in [6.45, 7) is 7.34.